The Bertz CT molecular complexity index is 872. The molecule has 27 heavy (non-hydrogen) atoms. The van der Waals surface area contributed by atoms with E-state index in [1.54, 1.807) is 6.20 Å². The molecule has 1 unspecified atom stereocenters. The van der Waals surface area contributed by atoms with Gasteiger partial charge in [-0.15, -0.1) is 0 Å². The molecule has 1 saturated heterocycles. The third-order valence-corrected chi connectivity index (χ3v) is 4.80. The predicted octanol–water partition coefficient (Wildman–Crippen LogP) is 3.63. The van der Waals surface area contributed by atoms with Crippen LogP contribution in [0.25, 0.3) is 11.4 Å². The minimum absolute atomic E-state index is 0.0924. The Hall–Kier alpha value is -2.99. The molecule has 1 aliphatic rings. The number of pyridine rings is 1. The molecule has 6 nitrogen and oxygen atoms in total. The van der Waals surface area contributed by atoms with Crippen molar-refractivity contribution in [3.8, 4) is 11.4 Å². The number of hydrogen-bond donors (Lipinski definition) is 2. The average molecular weight is 361 g/mol. The molecule has 0 saturated carbocycles. The average Bonchev–Trinajstić information content (AvgIpc) is 2.75. The van der Waals surface area contributed by atoms with Gasteiger partial charge in [0, 0.05) is 24.5 Å². The highest BCUT2D eigenvalue weighted by atomic mass is 16.3. The highest BCUT2D eigenvalue weighted by Gasteiger charge is 2.24. The largest absolute Gasteiger partial charge is 0.394 e. The highest BCUT2D eigenvalue weighted by molar-refractivity contribution is 5.64. The fourth-order valence-corrected chi connectivity index (χ4v) is 3.43. The molecule has 2 N–H and O–H groups in total. The van der Waals surface area contributed by atoms with Crippen LogP contribution in [0.5, 0.6) is 0 Å². The molecule has 1 aliphatic heterocycles. The first-order chi connectivity index (χ1) is 13.3. The zero-order chi connectivity index (χ0) is 18.5. The van der Waals surface area contributed by atoms with Gasteiger partial charge in [0.1, 0.15) is 5.82 Å². The van der Waals surface area contributed by atoms with E-state index >= 15 is 0 Å². The minimum atomic E-state index is 0.0924. The van der Waals surface area contributed by atoms with Gasteiger partial charge in [0.05, 0.1) is 24.0 Å². The summed E-state index contributed by atoms with van der Waals surface area (Å²) in [5.74, 6) is 1.35. The van der Waals surface area contributed by atoms with Crippen molar-refractivity contribution in [1.29, 1.82) is 0 Å². The summed E-state index contributed by atoms with van der Waals surface area (Å²) in [5, 5.41) is 13.1. The van der Waals surface area contributed by atoms with Gasteiger partial charge in [-0.05, 0) is 43.5 Å². The molecule has 0 aliphatic carbocycles. The van der Waals surface area contributed by atoms with Crippen LogP contribution in [-0.2, 0) is 0 Å². The molecule has 0 bridgehead atoms. The van der Waals surface area contributed by atoms with Crippen LogP contribution in [0, 0.1) is 0 Å². The van der Waals surface area contributed by atoms with Crippen LogP contribution in [0.4, 0.5) is 17.5 Å². The molecule has 0 spiro atoms. The Morgan fingerprint density at radius 3 is 2.63 bits per heavy atom. The van der Waals surface area contributed by atoms with Crippen LogP contribution < -0.4 is 10.2 Å². The standard InChI is InChI=1S/C21H23N5O/c27-15-17-10-5-7-13-26(17)20-14-19(18-11-4-6-12-22-18)24-21(25-20)23-16-8-2-1-3-9-16/h1-4,6,8-9,11-12,14,17,27H,5,7,10,13,15H2,(H,23,24,25). The van der Waals surface area contributed by atoms with Gasteiger partial charge in [-0.2, -0.15) is 4.98 Å². The molecule has 1 atom stereocenters. The van der Waals surface area contributed by atoms with Crippen LogP contribution in [0.3, 0.4) is 0 Å². The third-order valence-electron chi connectivity index (χ3n) is 4.80. The third kappa shape index (κ3) is 4.06. The molecule has 4 rings (SSSR count). The van der Waals surface area contributed by atoms with E-state index in [4.69, 9.17) is 4.98 Å². The molecular weight excluding hydrogens is 338 g/mol. The maximum Gasteiger partial charge on any atom is 0.229 e. The van der Waals surface area contributed by atoms with Crippen LogP contribution >= 0.6 is 0 Å². The van der Waals surface area contributed by atoms with Crippen LogP contribution in [0.1, 0.15) is 19.3 Å². The number of nitrogens with zero attached hydrogens (tertiary/aromatic N) is 4. The number of piperidine rings is 1. The van der Waals surface area contributed by atoms with Crippen LogP contribution in [0.2, 0.25) is 0 Å². The molecule has 138 valence electrons. The Morgan fingerprint density at radius 1 is 1.00 bits per heavy atom. The fourth-order valence-electron chi connectivity index (χ4n) is 3.43. The lowest BCUT2D eigenvalue weighted by Crippen LogP contribution is -2.42. The first-order valence-corrected chi connectivity index (χ1v) is 9.33. The smallest absolute Gasteiger partial charge is 0.229 e. The van der Waals surface area contributed by atoms with E-state index in [-0.39, 0.29) is 12.6 Å². The van der Waals surface area contributed by atoms with Crippen LogP contribution in [0.15, 0.2) is 60.8 Å². The summed E-state index contributed by atoms with van der Waals surface area (Å²) in [6, 6.07) is 17.7. The van der Waals surface area contributed by atoms with Gasteiger partial charge in [0.15, 0.2) is 0 Å². The first kappa shape index (κ1) is 17.4. The summed E-state index contributed by atoms with van der Waals surface area (Å²) in [7, 11) is 0. The predicted molar refractivity (Wildman–Crippen MR) is 107 cm³/mol. The summed E-state index contributed by atoms with van der Waals surface area (Å²) in [6.45, 7) is 1.01. The van der Waals surface area contributed by atoms with Gasteiger partial charge in [0.2, 0.25) is 5.95 Å². The van der Waals surface area contributed by atoms with Crippen molar-refractivity contribution in [2.45, 2.75) is 25.3 Å². The van der Waals surface area contributed by atoms with Crippen molar-refractivity contribution < 1.29 is 5.11 Å². The quantitative estimate of drug-likeness (QED) is 0.723. The maximum atomic E-state index is 9.80. The molecule has 1 fully saturated rings. The van der Waals surface area contributed by atoms with E-state index in [0.29, 0.717) is 5.95 Å². The van der Waals surface area contributed by atoms with Crippen LogP contribution in [-0.4, -0.2) is 39.3 Å². The maximum absolute atomic E-state index is 9.80. The van der Waals surface area contributed by atoms with E-state index < -0.39 is 0 Å². The number of benzene rings is 1. The lowest BCUT2D eigenvalue weighted by Gasteiger charge is -2.35. The van der Waals surface area contributed by atoms with Crippen molar-refractivity contribution in [3.63, 3.8) is 0 Å². The zero-order valence-electron chi connectivity index (χ0n) is 15.1. The number of hydrogen-bond acceptors (Lipinski definition) is 6. The monoisotopic (exact) mass is 361 g/mol. The van der Waals surface area contributed by atoms with Crippen molar-refractivity contribution in [2.24, 2.45) is 0 Å². The number of aromatic nitrogens is 3. The summed E-state index contributed by atoms with van der Waals surface area (Å²) < 4.78 is 0. The fraction of sp³-hybridized carbons (Fsp3) is 0.286. The normalized spacial score (nSPS) is 16.9. The zero-order valence-corrected chi connectivity index (χ0v) is 15.1. The Morgan fingerprint density at radius 2 is 1.85 bits per heavy atom. The Labute approximate surface area is 158 Å². The van der Waals surface area contributed by atoms with Crippen molar-refractivity contribution in [2.75, 3.05) is 23.4 Å². The van der Waals surface area contributed by atoms with Gasteiger partial charge in [-0.1, -0.05) is 24.3 Å². The lowest BCUT2D eigenvalue weighted by atomic mass is 10.0. The van der Waals surface area contributed by atoms with Crippen molar-refractivity contribution in [1.82, 2.24) is 15.0 Å². The van der Waals surface area contributed by atoms with Gasteiger partial charge in [-0.3, -0.25) is 4.98 Å². The van der Waals surface area contributed by atoms with Gasteiger partial charge < -0.3 is 15.3 Å². The molecule has 1 aromatic carbocycles. The van der Waals surface area contributed by atoms with E-state index in [1.165, 1.54) is 0 Å². The first-order valence-electron chi connectivity index (χ1n) is 9.33. The van der Waals surface area contributed by atoms with E-state index in [1.807, 2.05) is 54.6 Å². The number of rotatable bonds is 5. The number of aliphatic hydroxyl groups excluding tert-OH is 1. The molecule has 6 heteroatoms. The number of aliphatic hydroxyl groups is 1. The molecule has 3 heterocycles. The Balaban J connectivity index is 1.74. The van der Waals surface area contributed by atoms with Gasteiger partial charge in [0.25, 0.3) is 0 Å². The second-order valence-electron chi connectivity index (χ2n) is 6.67. The molecule has 0 radical (unpaired) electrons. The summed E-state index contributed by atoms with van der Waals surface area (Å²) in [5.41, 5.74) is 2.50. The highest BCUT2D eigenvalue weighted by Crippen LogP contribution is 2.28. The number of anilines is 3. The summed E-state index contributed by atoms with van der Waals surface area (Å²) in [4.78, 5) is 16.0. The lowest BCUT2D eigenvalue weighted by molar-refractivity contribution is 0.239. The molecule has 3 aromatic rings. The molecular formula is C21H23N5O. The van der Waals surface area contributed by atoms with E-state index in [0.717, 1.165) is 48.7 Å². The summed E-state index contributed by atoms with van der Waals surface area (Å²) in [6.07, 6.45) is 4.97. The van der Waals surface area contributed by atoms with E-state index in [9.17, 15) is 5.11 Å². The molecule has 2 aromatic heterocycles. The second kappa shape index (κ2) is 8.14. The second-order valence-corrected chi connectivity index (χ2v) is 6.67. The minimum Gasteiger partial charge on any atom is -0.394 e. The van der Waals surface area contributed by atoms with Crippen molar-refractivity contribution in [3.05, 3.63) is 60.8 Å². The Kier molecular flexibility index (Phi) is 5.25. The topological polar surface area (TPSA) is 74.2 Å². The van der Waals surface area contributed by atoms with E-state index in [2.05, 4.69) is 20.2 Å². The summed E-state index contributed by atoms with van der Waals surface area (Å²) >= 11 is 0. The van der Waals surface area contributed by atoms with Crippen molar-refractivity contribution >= 4 is 17.5 Å². The SMILES string of the molecule is OCC1CCCCN1c1cc(-c2ccccn2)nc(Nc2ccccc2)n1. The van der Waals surface area contributed by atoms with Gasteiger partial charge >= 0.3 is 0 Å². The van der Waals surface area contributed by atoms with Gasteiger partial charge in [-0.25, -0.2) is 4.98 Å². The number of nitrogens with one attached hydrogen (secondary N) is 1. The number of para-hydroxylation sites is 1. The molecule has 0 amide bonds.